The molecule has 1 N–H and O–H groups in total. The van der Waals surface area contributed by atoms with Gasteiger partial charge in [0.15, 0.2) is 0 Å². The lowest BCUT2D eigenvalue weighted by Crippen LogP contribution is -2.39. The van der Waals surface area contributed by atoms with E-state index in [4.69, 9.17) is 9.68 Å². The van der Waals surface area contributed by atoms with E-state index >= 15 is 0 Å². The van der Waals surface area contributed by atoms with Gasteiger partial charge in [-0.25, -0.2) is 0 Å². The molecule has 2 aliphatic heterocycles. The second-order valence-electron chi connectivity index (χ2n) is 7.13. The average Bonchev–Trinajstić information content (AvgIpc) is 3.20. The van der Waals surface area contributed by atoms with Gasteiger partial charge in [-0.3, -0.25) is 33.8 Å². The third-order valence-corrected chi connectivity index (χ3v) is 5.19. The average molecular weight is 439 g/mol. The Morgan fingerprint density at radius 2 is 0.969 bits per heavy atom. The minimum Gasteiger partial charge on any atom is -0.395 e. The van der Waals surface area contributed by atoms with Crippen molar-refractivity contribution in [3.05, 3.63) is 70.8 Å². The number of aliphatic hydroxyl groups is 1. The summed E-state index contributed by atoms with van der Waals surface area (Å²) in [7, 11) is 0. The van der Waals surface area contributed by atoms with Crippen molar-refractivity contribution in [1.82, 2.24) is 15.0 Å². The van der Waals surface area contributed by atoms with Gasteiger partial charge in [0.2, 0.25) is 0 Å². The van der Waals surface area contributed by atoms with Crippen LogP contribution < -0.4 is 0 Å². The van der Waals surface area contributed by atoms with E-state index in [0.29, 0.717) is 22.3 Å². The summed E-state index contributed by atoms with van der Waals surface area (Å²) in [6, 6.07) is 12.9. The van der Waals surface area contributed by atoms with Gasteiger partial charge in [0.05, 0.1) is 42.1 Å². The molecule has 2 aromatic carbocycles. The summed E-state index contributed by atoms with van der Waals surface area (Å²) in [6.07, 6.45) is 0. The molecule has 10 heteroatoms. The van der Waals surface area contributed by atoms with Crippen molar-refractivity contribution in [2.75, 3.05) is 39.5 Å². The van der Waals surface area contributed by atoms with Crippen LogP contribution in [-0.2, 0) is 9.68 Å². The van der Waals surface area contributed by atoms with Crippen LogP contribution >= 0.6 is 0 Å². The molecule has 4 rings (SSSR count). The van der Waals surface area contributed by atoms with Crippen LogP contribution in [0, 0.1) is 0 Å². The Morgan fingerprint density at radius 1 is 0.625 bits per heavy atom. The second-order valence-corrected chi connectivity index (χ2v) is 7.13. The predicted octanol–water partition coefficient (Wildman–Crippen LogP) is 0.736. The van der Waals surface area contributed by atoms with E-state index in [0.717, 1.165) is 10.1 Å². The van der Waals surface area contributed by atoms with Crippen LogP contribution in [0.15, 0.2) is 48.5 Å². The van der Waals surface area contributed by atoms with E-state index in [-0.39, 0.29) is 39.5 Å². The lowest BCUT2D eigenvalue weighted by molar-refractivity contribution is -0.107. The fourth-order valence-corrected chi connectivity index (χ4v) is 3.57. The summed E-state index contributed by atoms with van der Waals surface area (Å²) < 4.78 is 0. The number of amides is 4. The smallest absolute Gasteiger partial charge is 0.285 e. The Balaban J connectivity index is 1.26. The van der Waals surface area contributed by atoms with Crippen molar-refractivity contribution >= 4 is 23.6 Å². The Bertz CT molecular complexity index is 919. The zero-order valence-electron chi connectivity index (χ0n) is 17.1. The van der Waals surface area contributed by atoms with Gasteiger partial charge in [-0.15, -0.1) is 10.1 Å². The quantitative estimate of drug-likeness (QED) is 0.539. The van der Waals surface area contributed by atoms with Crippen molar-refractivity contribution in [3.63, 3.8) is 0 Å². The maximum atomic E-state index is 12.3. The number of fused-ring (bicyclic) bond motifs is 2. The monoisotopic (exact) mass is 439 g/mol. The summed E-state index contributed by atoms with van der Waals surface area (Å²) in [5.41, 5.74) is 1.16. The molecule has 0 saturated heterocycles. The highest BCUT2D eigenvalue weighted by molar-refractivity contribution is 6.21. The number of carbonyl (C=O) groups excluding carboxylic acids is 4. The summed E-state index contributed by atoms with van der Waals surface area (Å²) in [4.78, 5) is 61.8. The summed E-state index contributed by atoms with van der Waals surface area (Å²) >= 11 is 0. The van der Waals surface area contributed by atoms with Crippen molar-refractivity contribution in [2.24, 2.45) is 0 Å². The van der Waals surface area contributed by atoms with Crippen LogP contribution in [-0.4, -0.2) is 83.2 Å². The number of hydrogen-bond acceptors (Lipinski definition) is 8. The standard InChI is InChI=1S/C22H21N3O7/c26-12-9-23(10-13-31-24-19(27)15-5-1-2-6-16(15)20(24)28)11-14-32-25-21(29)17-7-3-4-8-18(17)22(25)30/h1-8,26H,9-14H2. The highest BCUT2D eigenvalue weighted by Crippen LogP contribution is 2.23. The fraction of sp³-hybridized carbons (Fsp3) is 0.273. The van der Waals surface area contributed by atoms with E-state index < -0.39 is 23.6 Å². The minimum absolute atomic E-state index is 0.0124. The topological polar surface area (TPSA) is 117 Å². The van der Waals surface area contributed by atoms with Crippen molar-refractivity contribution in [1.29, 1.82) is 0 Å². The van der Waals surface area contributed by atoms with Crippen LogP contribution in [0.5, 0.6) is 0 Å². The molecule has 0 aromatic heterocycles. The minimum atomic E-state index is -0.520. The number of imide groups is 2. The number of carbonyl (C=O) groups is 4. The van der Waals surface area contributed by atoms with Gasteiger partial charge in [0.1, 0.15) is 0 Å². The molecule has 0 unspecified atom stereocenters. The zero-order valence-corrected chi connectivity index (χ0v) is 17.1. The summed E-state index contributed by atoms with van der Waals surface area (Å²) in [6.45, 7) is 0.715. The Hall–Kier alpha value is -3.44. The maximum Gasteiger partial charge on any atom is 0.285 e. The summed E-state index contributed by atoms with van der Waals surface area (Å²) in [5, 5.41) is 10.8. The van der Waals surface area contributed by atoms with Crippen LogP contribution in [0.1, 0.15) is 41.4 Å². The molecular weight excluding hydrogens is 418 g/mol. The molecule has 0 atom stereocenters. The fourth-order valence-electron chi connectivity index (χ4n) is 3.57. The van der Waals surface area contributed by atoms with E-state index in [1.807, 2.05) is 0 Å². The van der Waals surface area contributed by atoms with Crippen LogP contribution in [0.3, 0.4) is 0 Å². The van der Waals surface area contributed by atoms with Gasteiger partial charge < -0.3 is 5.11 Å². The van der Waals surface area contributed by atoms with Gasteiger partial charge in [0, 0.05) is 19.6 Å². The van der Waals surface area contributed by atoms with Gasteiger partial charge in [0.25, 0.3) is 23.6 Å². The first-order chi connectivity index (χ1) is 15.5. The molecule has 0 bridgehead atoms. The SMILES string of the molecule is O=C1c2ccccc2C(=O)N1OCCN(CCO)CCON1C(=O)c2ccccc2C1=O. The lowest BCUT2D eigenvalue weighted by Gasteiger charge is -2.23. The van der Waals surface area contributed by atoms with Gasteiger partial charge in [-0.1, -0.05) is 24.3 Å². The zero-order chi connectivity index (χ0) is 22.7. The molecule has 0 aliphatic carbocycles. The van der Waals surface area contributed by atoms with Crippen LogP contribution in [0.4, 0.5) is 0 Å². The van der Waals surface area contributed by atoms with E-state index in [1.54, 1.807) is 53.4 Å². The first-order valence-corrected chi connectivity index (χ1v) is 10.1. The molecule has 10 nitrogen and oxygen atoms in total. The molecular formula is C22H21N3O7. The number of benzene rings is 2. The third kappa shape index (κ3) is 4.04. The number of nitrogens with zero attached hydrogens (tertiary/aromatic N) is 3. The van der Waals surface area contributed by atoms with Gasteiger partial charge in [-0.2, -0.15) is 0 Å². The second kappa shape index (κ2) is 9.37. The van der Waals surface area contributed by atoms with Crippen LogP contribution in [0.2, 0.25) is 0 Å². The lowest BCUT2D eigenvalue weighted by atomic mass is 10.1. The summed E-state index contributed by atoms with van der Waals surface area (Å²) in [5.74, 6) is -2.08. The third-order valence-electron chi connectivity index (χ3n) is 5.19. The maximum absolute atomic E-state index is 12.3. The molecule has 0 spiro atoms. The van der Waals surface area contributed by atoms with Crippen LogP contribution in [0.25, 0.3) is 0 Å². The molecule has 32 heavy (non-hydrogen) atoms. The largest absolute Gasteiger partial charge is 0.395 e. The molecule has 4 amide bonds. The Labute approximate surface area is 183 Å². The number of hydroxylamine groups is 4. The molecule has 0 saturated carbocycles. The molecule has 0 fully saturated rings. The normalized spacial score (nSPS) is 15.2. The first kappa shape index (κ1) is 21.8. The molecule has 0 radical (unpaired) electrons. The van der Waals surface area contributed by atoms with Crippen molar-refractivity contribution in [3.8, 4) is 0 Å². The van der Waals surface area contributed by atoms with E-state index in [1.165, 1.54) is 0 Å². The predicted molar refractivity (Wildman–Crippen MR) is 109 cm³/mol. The molecule has 2 aromatic rings. The highest BCUT2D eigenvalue weighted by atomic mass is 16.7. The molecule has 166 valence electrons. The number of rotatable bonds is 10. The highest BCUT2D eigenvalue weighted by Gasteiger charge is 2.37. The Morgan fingerprint density at radius 3 is 1.28 bits per heavy atom. The van der Waals surface area contributed by atoms with E-state index in [2.05, 4.69) is 0 Å². The van der Waals surface area contributed by atoms with E-state index in [9.17, 15) is 24.3 Å². The Kier molecular flexibility index (Phi) is 6.37. The first-order valence-electron chi connectivity index (χ1n) is 10.1. The van der Waals surface area contributed by atoms with Gasteiger partial charge >= 0.3 is 0 Å². The van der Waals surface area contributed by atoms with Gasteiger partial charge in [-0.05, 0) is 24.3 Å². The van der Waals surface area contributed by atoms with Crippen molar-refractivity contribution < 1.29 is 34.0 Å². The molecule has 2 aliphatic rings. The molecule has 2 heterocycles. The van der Waals surface area contributed by atoms with Crippen molar-refractivity contribution in [2.45, 2.75) is 0 Å². The number of hydrogen-bond donors (Lipinski definition) is 1. The number of aliphatic hydroxyl groups excluding tert-OH is 1.